The van der Waals surface area contributed by atoms with Crippen LogP contribution in [0.15, 0.2) is 60.2 Å². The third kappa shape index (κ3) is 1.01. The average Bonchev–Trinajstić information content (AvgIpc) is 2.92. The molecule has 4 rings (SSSR count). The molecule has 0 saturated heterocycles. The van der Waals surface area contributed by atoms with E-state index in [1.54, 1.807) is 0 Å². The Balaban J connectivity index is 2.08. The van der Waals surface area contributed by atoms with Crippen molar-refractivity contribution in [3.63, 3.8) is 0 Å². The molecule has 1 unspecified atom stereocenters. The zero-order valence-corrected chi connectivity index (χ0v) is 10.4. The molecular weight excluding hydrogens is 216 g/mol. The van der Waals surface area contributed by atoms with E-state index in [2.05, 4.69) is 73.7 Å². The lowest BCUT2D eigenvalue weighted by molar-refractivity contribution is 0.793. The molecule has 2 aliphatic carbocycles. The van der Waals surface area contributed by atoms with Gasteiger partial charge in [0, 0.05) is 0 Å². The van der Waals surface area contributed by atoms with Gasteiger partial charge in [0.2, 0.25) is 0 Å². The topological polar surface area (TPSA) is 0 Å². The van der Waals surface area contributed by atoms with Crippen LogP contribution >= 0.6 is 0 Å². The second kappa shape index (κ2) is 3.23. The monoisotopic (exact) mass is 230 g/mol. The molecule has 2 aromatic rings. The van der Waals surface area contributed by atoms with Gasteiger partial charge >= 0.3 is 0 Å². The molecule has 0 heterocycles. The Morgan fingerprint density at radius 3 is 2.17 bits per heavy atom. The van der Waals surface area contributed by atoms with E-state index < -0.39 is 0 Å². The van der Waals surface area contributed by atoms with Crippen LogP contribution in [-0.4, -0.2) is 0 Å². The van der Waals surface area contributed by atoms with Crippen LogP contribution in [0.4, 0.5) is 0 Å². The minimum absolute atomic E-state index is 0.00676. The van der Waals surface area contributed by atoms with E-state index in [0.29, 0.717) is 0 Å². The summed E-state index contributed by atoms with van der Waals surface area (Å²) in [4.78, 5) is 0. The highest BCUT2D eigenvalue weighted by atomic mass is 14.4. The second-order valence-corrected chi connectivity index (χ2v) is 5.14. The molecule has 0 saturated carbocycles. The highest BCUT2D eigenvalue weighted by molar-refractivity contribution is 5.81. The summed E-state index contributed by atoms with van der Waals surface area (Å²) >= 11 is 0. The summed E-state index contributed by atoms with van der Waals surface area (Å²) in [6.07, 6.45) is 6.94. The van der Waals surface area contributed by atoms with Crippen LogP contribution in [0.5, 0.6) is 0 Å². The SMILES string of the molecule is CC1=Cc2ccccc2C12C=Cc1ccccc12. The molecule has 0 radical (unpaired) electrons. The summed E-state index contributed by atoms with van der Waals surface area (Å²) in [6.45, 7) is 2.24. The van der Waals surface area contributed by atoms with Gasteiger partial charge < -0.3 is 0 Å². The van der Waals surface area contributed by atoms with E-state index in [0.717, 1.165) is 0 Å². The molecular formula is C18H14. The van der Waals surface area contributed by atoms with Crippen LogP contribution in [0, 0.1) is 0 Å². The van der Waals surface area contributed by atoms with Crippen molar-refractivity contribution in [2.24, 2.45) is 0 Å². The minimum atomic E-state index is -0.00676. The molecule has 0 heteroatoms. The van der Waals surface area contributed by atoms with E-state index in [1.165, 1.54) is 27.8 Å². The van der Waals surface area contributed by atoms with Gasteiger partial charge in [-0.05, 0) is 29.2 Å². The van der Waals surface area contributed by atoms with Gasteiger partial charge in [-0.15, -0.1) is 0 Å². The lowest BCUT2D eigenvalue weighted by Crippen LogP contribution is -2.22. The number of fused-ring (bicyclic) bond motifs is 4. The normalized spacial score (nSPS) is 23.1. The summed E-state index contributed by atoms with van der Waals surface area (Å²) < 4.78 is 0. The molecule has 0 aromatic heterocycles. The highest BCUT2D eigenvalue weighted by Crippen LogP contribution is 2.51. The van der Waals surface area contributed by atoms with Gasteiger partial charge in [0.05, 0.1) is 5.41 Å². The molecule has 0 bridgehead atoms. The first-order chi connectivity index (χ1) is 8.82. The van der Waals surface area contributed by atoms with Crippen LogP contribution in [-0.2, 0) is 5.41 Å². The first kappa shape index (κ1) is 9.90. The Morgan fingerprint density at radius 1 is 0.778 bits per heavy atom. The standard InChI is InChI=1S/C18H14/c1-13-12-15-7-3-5-9-17(15)18(13)11-10-14-6-2-4-8-16(14)18/h2-12H,1H3. The fourth-order valence-corrected chi connectivity index (χ4v) is 3.43. The predicted octanol–water partition coefficient (Wildman–Crippen LogP) is 4.42. The van der Waals surface area contributed by atoms with Gasteiger partial charge in [-0.3, -0.25) is 0 Å². The maximum Gasteiger partial charge on any atom is 0.0607 e. The number of benzene rings is 2. The highest BCUT2D eigenvalue weighted by Gasteiger charge is 2.42. The molecule has 0 N–H and O–H groups in total. The average molecular weight is 230 g/mol. The molecule has 86 valence electrons. The van der Waals surface area contributed by atoms with Gasteiger partial charge in [-0.2, -0.15) is 0 Å². The smallest absolute Gasteiger partial charge is 0.0607 e. The van der Waals surface area contributed by atoms with Crippen molar-refractivity contribution >= 4 is 12.2 Å². The van der Waals surface area contributed by atoms with Crippen LogP contribution in [0.25, 0.3) is 12.2 Å². The Bertz CT molecular complexity index is 690. The molecule has 2 aliphatic rings. The van der Waals surface area contributed by atoms with Gasteiger partial charge in [-0.25, -0.2) is 0 Å². The van der Waals surface area contributed by atoms with Crippen LogP contribution in [0.2, 0.25) is 0 Å². The molecule has 0 nitrogen and oxygen atoms in total. The number of allylic oxidation sites excluding steroid dienone is 2. The number of hydrogen-bond acceptors (Lipinski definition) is 0. The second-order valence-electron chi connectivity index (χ2n) is 5.14. The summed E-state index contributed by atoms with van der Waals surface area (Å²) in [6, 6.07) is 17.4. The Morgan fingerprint density at radius 2 is 1.39 bits per heavy atom. The summed E-state index contributed by atoms with van der Waals surface area (Å²) in [5.41, 5.74) is 6.96. The van der Waals surface area contributed by atoms with Crippen LogP contribution in [0.1, 0.15) is 29.2 Å². The third-order valence-corrected chi connectivity index (χ3v) is 4.28. The zero-order chi connectivity index (χ0) is 12.2. The minimum Gasteiger partial charge on any atom is -0.0649 e. The van der Waals surface area contributed by atoms with Crippen molar-refractivity contribution in [1.29, 1.82) is 0 Å². The Labute approximate surface area is 107 Å². The molecule has 18 heavy (non-hydrogen) atoms. The quantitative estimate of drug-likeness (QED) is 0.628. The largest absolute Gasteiger partial charge is 0.0649 e. The summed E-state index contributed by atoms with van der Waals surface area (Å²) in [5, 5.41) is 0. The van der Waals surface area contributed by atoms with Gasteiger partial charge in [0.1, 0.15) is 0 Å². The molecule has 0 fully saturated rings. The Hall–Kier alpha value is -2.08. The number of hydrogen-bond donors (Lipinski definition) is 0. The predicted molar refractivity (Wildman–Crippen MR) is 76.3 cm³/mol. The van der Waals surface area contributed by atoms with E-state index in [4.69, 9.17) is 0 Å². The van der Waals surface area contributed by atoms with Crippen LogP contribution in [0.3, 0.4) is 0 Å². The molecule has 0 aliphatic heterocycles. The van der Waals surface area contributed by atoms with Gasteiger partial charge in [-0.1, -0.05) is 72.3 Å². The van der Waals surface area contributed by atoms with Crippen LogP contribution < -0.4 is 0 Å². The van der Waals surface area contributed by atoms with Crippen molar-refractivity contribution in [1.82, 2.24) is 0 Å². The summed E-state index contributed by atoms with van der Waals surface area (Å²) in [5.74, 6) is 0. The maximum atomic E-state index is 2.36. The van der Waals surface area contributed by atoms with E-state index in [1.807, 2.05) is 0 Å². The van der Waals surface area contributed by atoms with Gasteiger partial charge in [0.25, 0.3) is 0 Å². The fraction of sp³-hybridized carbons (Fsp3) is 0.111. The first-order valence-electron chi connectivity index (χ1n) is 6.39. The van der Waals surface area contributed by atoms with E-state index in [9.17, 15) is 0 Å². The van der Waals surface area contributed by atoms with E-state index >= 15 is 0 Å². The van der Waals surface area contributed by atoms with Crippen molar-refractivity contribution in [3.05, 3.63) is 82.4 Å². The van der Waals surface area contributed by atoms with Crippen molar-refractivity contribution in [2.75, 3.05) is 0 Å². The lowest BCUT2D eigenvalue weighted by Gasteiger charge is -2.28. The Kier molecular flexibility index (Phi) is 1.78. The summed E-state index contributed by atoms with van der Waals surface area (Å²) in [7, 11) is 0. The van der Waals surface area contributed by atoms with Gasteiger partial charge in [0.15, 0.2) is 0 Å². The zero-order valence-electron chi connectivity index (χ0n) is 10.4. The molecule has 1 atom stereocenters. The van der Waals surface area contributed by atoms with Crippen molar-refractivity contribution < 1.29 is 0 Å². The first-order valence-corrected chi connectivity index (χ1v) is 6.39. The molecule has 1 spiro atoms. The lowest BCUT2D eigenvalue weighted by atomic mass is 9.74. The molecule has 2 aromatic carbocycles. The maximum absolute atomic E-state index is 2.36. The van der Waals surface area contributed by atoms with Crippen molar-refractivity contribution in [2.45, 2.75) is 12.3 Å². The fourth-order valence-electron chi connectivity index (χ4n) is 3.43. The van der Waals surface area contributed by atoms with Crippen molar-refractivity contribution in [3.8, 4) is 0 Å². The number of rotatable bonds is 0. The van der Waals surface area contributed by atoms with E-state index in [-0.39, 0.29) is 5.41 Å². The third-order valence-electron chi connectivity index (χ3n) is 4.28. The molecule has 0 amide bonds.